The first-order valence-electron chi connectivity index (χ1n) is 12.1. The van der Waals surface area contributed by atoms with Gasteiger partial charge < -0.3 is 24.7 Å². The fourth-order valence-corrected chi connectivity index (χ4v) is 4.09. The van der Waals surface area contributed by atoms with Gasteiger partial charge in [0.1, 0.15) is 36.2 Å². The van der Waals surface area contributed by atoms with E-state index in [1.54, 1.807) is 10.6 Å². The molecule has 9 nitrogen and oxygen atoms in total. The topological polar surface area (TPSA) is 117 Å². The standard InChI is InChI=1S/C24H37N5O4/c1-4-7-12-30-15-19-21(31-13-8-5-2)22(32-14-9-6-3)24(16-25,33-19)20-11-10-18-23(26)27-17-28-29(18)20/h10-11,17,19,21-22H,4-9,12-15H2,1-3H3,(H2,26,27,28)/t19-,21-,22-,24+/m1/s1. The molecule has 0 radical (unpaired) electrons. The molecule has 3 rings (SSSR count). The summed E-state index contributed by atoms with van der Waals surface area (Å²) < 4.78 is 26.7. The summed E-state index contributed by atoms with van der Waals surface area (Å²) >= 11 is 0. The van der Waals surface area contributed by atoms with E-state index in [-0.39, 0.29) is 0 Å². The number of anilines is 1. The Kier molecular flexibility index (Phi) is 9.44. The van der Waals surface area contributed by atoms with Crippen LogP contribution in [0.2, 0.25) is 0 Å². The van der Waals surface area contributed by atoms with Gasteiger partial charge in [-0.25, -0.2) is 9.50 Å². The zero-order valence-electron chi connectivity index (χ0n) is 20.0. The van der Waals surface area contributed by atoms with Crippen molar-refractivity contribution in [2.75, 3.05) is 32.2 Å². The summed E-state index contributed by atoms with van der Waals surface area (Å²) in [7, 11) is 0. The van der Waals surface area contributed by atoms with E-state index in [9.17, 15) is 5.26 Å². The SMILES string of the molecule is CCCCOC[C@H]1O[C@@](C#N)(c2ccc3c(N)ncnn23)[C@H](OCCCC)[C@@H]1OCCCC. The predicted molar refractivity (Wildman–Crippen MR) is 125 cm³/mol. The molecular formula is C24H37N5O4. The molecule has 0 saturated carbocycles. The van der Waals surface area contributed by atoms with E-state index in [1.165, 1.54) is 6.33 Å². The Balaban J connectivity index is 2.00. The maximum absolute atomic E-state index is 10.5. The summed E-state index contributed by atoms with van der Waals surface area (Å²) in [4.78, 5) is 4.06. The van der Waals surface area contributed by atoms with E-state index in [2.05, 4.69) is 36.9 Å². The second kappa shape index (κ2) is 12.3. The van der Waals surface area contributed by atoms with Crippen molar-refractivity contribution in [3.8, 4) is 6.07 Å². The smallest absolute Gasteiger partial charge is 0.225 e. The van der Waals surface area contributed by atoms with Crippen LogP contribution in [-0.2, 0) is 24.5 Å². The highest BCUT2D eigenvalue weighted by molar-refractivity contribution is 5.66. The van der Waals surface area contributed by atoms with Crippen LogP contribution in [-0.4, -0.2) is 59.3 Å². The summed E-state index contributed by atoms with van der Waals surface area (Å²) in [5.41, 5.74) is 5.79. The minimum absolute atomic E-state index is 0.328. The summed E-state index contributed by atoms with van der Waals surface area (Å²) in [6.45, 7) is 8.37. The van der Waals surface area contributed by atoms with Crippen molar-refractivity contribution in [1.82, 2.24) is 14.6 Å². The van der Waals surface area contributed by atoms with Gasteiger partial charge in [-0.15, -0.1) is 0 Å². The molecule has 0 amide bonds. The molecule has 3 heterocycles. The van der Waals surface area contributed by atoms with Crippen molar-refractivity contribution in [2.24, 2.45) is 0 Å². The number of nitriles is 1. The third kappa shape index (κ3) is 5.46. The van der Waals surface area contributed by atoms with Crippen LogP contribution in [0.1, 0.15) is 65.0 Å². The number of aromatic nitrogens is 3. The van der Waals surface area contributed by atoms with Gasteiger partial charge in [0, 0.05) is 19.8 Å². The molecule has 1 saturated heterocycles. The third-order valence-corrected chi connectivity index (χ3v) is 5.96. The fourth-order valence-electron chi connectivity index (χ4n) is 4.09. The molecule has 1 aliphatic heterocycles. The number of nitrogen functional groups attached to an aromatic ring is 1. The highest BCUT2D eigenvalue weighted by atomic mass is 16.6. The number of nitrogens with two attached hydrogens (primary N) is 1. The molecule has 4 atom stereocenters. The highest BCUT2D eigenvalue weighted by Crippen LogP contribution is 2.43. The largest absolute Gasteiger partial charge is 0.382 e. The van der Waals surface area contributed by atoms with Gasteiger partial charge in [0.15, 0.2) is 5.82 Å². The van der Waals surface area contributed by atoms with Crippen LogP contribution in [0.4, 0.5) is 5.82 Å². The minimum atomic E-state index is -1.42. The number of hydrogen-bond acceptors (Lipinski definition) is 8. The van der Waals surface area contributed by atoms with Crippen molar-refractivity contribution < 1.29 is 18.9 Å². The van der Waals surface area contributed by atoms with Crippen molar-refractivity contribution in [3.63, 3.8) is 0 Å². The Hall–Kier alpha value is -2.25. The summed E-state index contributed by atoms with van der Waals surface area (Å²) in [5.74, 6) is 0.334. The number of rotatable bonds is 14. The molecule has 1 fully saturated rings. The zero-order chi connectivity index (χ0) is 23.7. The van der Waals surface area contributed by atoms with Gasteiger partial charge in [0.25, 0.3) is 0 Å². The lowest BCUT2D eigenvalue weighted by Gasteiger charge is -2.29. The number of hydrogen-bond donors (Lipinski definition) is 1. The average molecular weight is 460 g/mol. The van der Waals surface area contributed by atoms with Crippen molar-refractivity contribution in [1.29, 1.82) is 5.26 Å². The van der Waals surface area contributed by atoms with Crippen molar-refractivity contribution in [2.45, 2.75) is 83.2 Å². The Morgan fingerprint density at radius 2 is 1.79 bits per heavy atom. The lowest BCUT2D eigenvalue weighted by atomic mass is 9.92. The highest BCUT2D eigenvalue weighted by Gasteiger charge is 2.59. The molecule has 182 valence electrons. The molecule has 0 aromatic carbocycles. The van der Waals surface area contributed by atoms with Crippen LogP contribution in [0.5, 0.6) is 0 Å². The van der Waals surface area contributed by atoms with Gasteiger partial charge in [-0.2, -0.15) is 10.4 Å². The van der Waals surface area contributed by atoms with Gasteiger partial charge in [-0.3, -0.25) is 0 Å². The lowest BCUT2D eigenvalue weighted by molar-refractivity contribution is -0.0901. The molecule has 0 spiro atoms. The molecule has 1 aliphatic rings. The number of unbranched alkanes of at least 4 members (excludes halogenated alkanes) is 3. The fraction of sp³-hybridized carbons (Fsp3) is 0.708. The Labute approximate surface area is 196 Å². The monoisotopic (exact) mass is 459 g/mol. The molecule has 33 heavy (non-hydrogen) atoms. The molecule has 0 aliphatic carbocycles. The number of nitrogens with zero attached hydrogens (tertiary/aromatic N) is 4. The van der Waals surface area contributed by atoms with E-state index in [0.29, 0.717) is 43.5 Å². The van der Waals surface area contributed by atoms with Gasteiger partial charge in [0.05, 0.1) is 12.3 Å². The molecule has 2 aromatic rings. The predicted octanol–water partition coefficient (Wildman–Crippen LogP) is 3.62. The second-order valence-corrected chi connectivity index (χ2v) is 8.43. The quantitative estimate of drug-likeness (QED) is 0.426. The molecule has 2 aromatic heterocycles. The maximum Gasteiger partial charge on any atom is 0.225 e. The Morgan fingerprint density at radius 3 is 2.48 bits per heavy atom. The van der Waals surface area contributed by atoms with Gasteiger partial charge in [-0.05, 0) is 31.4 Å². The number of fused-ring (bicyclic) bond motifs is 1. The Bertz CT molecular complexity index is 914. The van der Waals surface area contributed by atoms with E-state index in [4.69, 9.17) is 24.7 Å². The van der Waals surface area contributed by atoms with Gasteiger partial charge >= 0.3 is 0 Å². The van der Waals surface area contributed by atoms with Gasteiger partial charge in [-0.1, -0.05) is 40.0 Å². The molecular weight excluding hydrogens is 422 g/mol. The van der Waals surface area contributed by atoms with E-state index in [1.807, 2.05) is 6.07 Å². The van der Waals surface area contributed by atoms with Crippen molar-refractivity contribution in [3.05, 3.63) is 24.2 Å². The van der Waals surface area contributed by atoms with Crippen LogP contribution in [0, 0.1) is 11.3 Å². The normalized spacial score (nSPS) is 25.0. The van der Waals surface area contributed by atoms with Crippen LogP contribution in [0.3, 0.4) is 0 Å². The molecule has 2 N–H and O–H groups in total. The maximum atomic E-state index is 10.5. The summed E-state index contributed by atoms with van der Waals surface area (Å²) in [5, 5.41) is 14.9. The first-order chi connectivity index (χ1) is 16.1. The lowest BCUT2D eigenvalue weighted by Crippen LogP contribution is -2.44. The zero-order valence-corrected chi connectivity index (χ0v) is 20.0. The van der Waals surface area contributed by atoms with Crippen molar-refractivity contribution >= 4 is 11.3 Å². The summed E-state index contributed by atoms with van der Waals surface area (Å²) in [6, 6.07) is 6.02. The van der Waals surface area contributed by atoms with Crippen LogP contribution < -0.4 is 5.73 Å². The van der Waals surface area contributed by atoms with Gasteiger partial charge in [0.2, 0.25) is 5.60 Å². The molecule has 0 unspecified atom stereocenters. The first kappa shape index (κ1) is 25.4. The van der Waals surface area contributed by atoms with E-state index in [0.717, 1.165) is 38.5 Å². The second-order valence-electron chi connectivity index (χ2n) is 8.43. The first-order valence-corrected chi connectivity index (χ1v) is 12.1. The third-order valence-electron chi connectivity index (χ3n) is 5.96. The number of ether oxygens (including phenoxy) is 4. The Morgan fingerprint density at radius 1 is 1.09 bits per heavy atom. The average Bonchev–Trinajstić information content (AvgIpc) is 3.38. The van der Waals surface area contributed by atoms with E-state index < -0.39 is 23.9 Å². The molecule has 9 heteroatoms. The van der Waals surface area contributed by atoms with E-state index >= 15 is 0 Å². The molecule has 0 bridgehead atoms. The summed E-state index contributed by atoms with van der Waals surface area (Å²) in [6.07, 6.45) is 5.64. The minimum Gasteiger partial charge on any atom is -0.382 e. The van der Waals surface area contributed by atoms with Crippen LogP contribution >= 0.6 is 0 Å². The van der Waals surface area contributed by atoms with Crippen LogP contribution in [0.25, 0.3) is 5.52 Å². The van der Waals surface area contributed by atoms with Crippen LogP contribution in [0.15, 0.2) is 18.5 Å².